The fraction of sp³-hybridized carbons (Fsp3) is 0.156. The number of benzene rings is 3. The molecule has 1 aliphatic heterocycles. The lowest BCUT2D eigenvalue weighted by molar-refractivity contribution is -0.130. The van der Waals surface area contributed by atoms with Gasteiger partial charge in [-0.05, 0) is 71.1 Å². The van der Waals surface area contributed by atoms with Crippen LogP contribution in [0.25, 0.3) is 5.69 Å². The summed E-state index contributed by atoms with van der Waals surface area (Å²) >= 11 is 2.59. The smallest absolute Gasteiger partial charge is 0.261 e. The topological polar surface area (TPSA) is 102 Å². The number of carbonyl (C=O) groups is 2. The third-order valence-electron chi connectivity index (χ3n) is 7.04. The molecule has 0 bridgehead atoms. The summed E-state index contributed by atoms with van der Waals surface area (Å²) in [6.07, 6.45) is 0.475. The Morgan fingerprint density at radius 2 is 1.77 bits per heavy atom. The fourth-order valence-electron chi connectivity index (χ4n) is 4.83. The van der Waals surface area contributed by atoms with Crippen LogP contribution in [0.2, 0.25) is 0 Å². The van der Waals surface area contributed by atoms with Crippen LogP contribution in [-0.4, -0.2) is 50.2 Å². The summed E-state index contributed by atoms with van der Waals surface area (Å²) in [5.41, 5.74) is 3.21. The molecule has 6 rings (SSSR count). The van der Waals surface area contributed by atoms with Gasteiger partial charge in [-0.3, -0.25) is 14.2 Å². The van der Waals surface area contributed by atoms with E-state index in [-0.39, 0.29) is 29.9 Å². The van der Waals surface area contributed by atoms with Gasteiger partial charge in [-0.25, -0.2) is 9.40 Å². The molecular weight excluding hydrogens is 600 g/mol. The SMILES string of the molecule is COc1ccc(C2=NN(C(=O)CSc3nnc(CNC(=O)c4cccs4)n3-c3ccccc3)[C@@H](c3ccc(F)cc3)C2)cc1. The lowest BCUT2D eigenvalue weighted by Crippen LogP contribution is -2.28. The van der Waals surface area contributed by atoms with Crippen LogP contribution in [-0.2, 0) is 11.3 Å². The van der Waals surface area contributed by atoms with Crippen molar-refractivity contribution in [1.82, 2.24) is 25.1 Å². The fourth-order valence-corrected chi connectivity index (χ4v) is 6.30. The molecule has 0 saturated heterocycles. The van der Waals surface area contributed by atoms with Gasteiger partial charge in [0.2, 0.25) is 0 Å². The number of rotatable bonds is 10. The van der Waals surface area contributed by atoms with Gasteiger partial charge in [0.25, 0.3) is 11.8 Å². The van der Waals surface area contributed by atoms with Crippen molar-refractivity contribution >= 4 is 40.6 Å². The monoisotopic (exact) mass is 626 g/mol. The average molecular weight is 627 g/mol. The molecule has 1 aliphatic rings. The molecule has 5 aromatic rings. The summed E-state index contributed by atoms with van der Waals surface area (Å²) in [6.45, 7) is 0.154. The quantitative estimate of drug-likeness (QED) is 0.195. The maximum Gasteiger partial charge on any atom is 0.261 e. The Hall–Kier alpha value is -4.81. The number of halogens is 1. The van der Waals surface area contributed by atoms with Gasteiger partial charge >= 0.3 is 0 Å². The second-order valence-corrected chi connectivity index (χ2v) is 11.7. The molecule has 0 saturated carbocycles. The van der Waals surface area contributed by atoms with E-state index in [0.717, 1.165) is 28.3 Å². The minimum atomic E-state index is -0.393. The zero-order valence-electron chi connectivity index (χ0n) is 23.6. The van der Waals surface area contributed by atoms with Gasteiger partial charge in [0.15, 0.2) is 11.0 Å². The first kappa shape index (κ1) is 29.3. The van der Waals surface area contributed by atoms with Crippen LogP contribution in [0.15, 0.2) is 107 Å². The predicted octanol–water partition coefficient (Wildman–Crippen LogP) is 5.88. The number of carbonyl (C=O) groups excluding carboxylic acids is 2. The van der Waals surface area contributed by atoms with Crippen molar-refractivity contribution in [2.24, 2.45) is 5.10 Å². The molecule has 12 heteroatoms. The van der Waals surface area contributed by atoms with E-state index in [0.29, 0.717) is 22.3 Å². The van der Waals surface area contributed by atoms with Gasteiger partial charge < -0.3 is 10.1 Å². The van der Waals surface area contributed by atoms with Crippen LogP contribution in [0, 0.1) is 5.82 Å². The number of hydrogen-bond acceptors (Lipinski definition) is 8. The molecule has 0 radical (unpaired) electrons. The van der Waals surface area contributed by atoms with Crippen molar-refractivity contribution in [3.63, 3.8) is 0 Å². The van der Waals surface area contributed by atoms with Gasteiger partial charge in [-0.15, -0.1) is 21.5 Å². The number of ether oxygens (including phenoxy) is 1. The first-order valence-electron chi connectivity index (χ1n) is 13.7. The molecule has 0 spiro atoms. The highest BCUT2D eigenvalue weighted by Crippen LogP contribution is 2.34. The van der Waals surface area contributed by atoms with E-state index in [4.69, 9.17) is 9.84 Å². The molecule has 0 aliphatic carbocycles. The summed E-state index contributed by atoms with van der Waals surface area (Å²) in [5, 5.41) is 20.2. The number of aromatic nitrogens is 3. The van der Waals surface area contributed by atoms with Crippen molar-refractivity contribution in [3.8, 4) is 11.4 Å². The number of hydrogen-bond donors (Lipinski definition) is 1. The van der Waals surface area contributed by atoms with Crippen molar-refractivity contribution in [3.05, 3.63) is 124 Å². The molecule has 9 nitrogen and oxygen atoms in total. The number of hydrazone groups is 1. The van der Waals surface area contributed by atoms with Crippen LogP contribution >= 0.6 is 23.1 Å². The Morgan fingerprint density at radius 3 is 2.48 bits per heavy atom. The third kappa shape index (κ3) is 6.41. The van der Waals surface area contributed by atoms with Crippen molar-refractivity contribution in [2.45, 2.75) is 24.2 Å². The zero-order chi connectivity index (χ0) is 30.5. The first-order valence-corrected chi connectivity index (χ1v) is 15.6. The normalized spacial score (nSPS) is 14.4. The van der Waals surface area contributed by atoms with Crippen LogP contribution in [0.4, 0.5) is 4.39 Å². The molecule has 2 amide bonds. The maximum absolute atomic E-state index is 13.7. The van der Waals surface area contributed by atoms with E-state index >= 15 is 0 Å². The number of para-hydroxylation sites is 1. The van der Waals surface area contributed by atoms with E-state index in [2.05, 4.69) is 15.5 Å². The standard InChI is InChI=1S/C32H27FN6O3S2/c1-42-25-15-11-21(12-16-25)26-18-27(22-9-13-23(33)14-10-22)39(37-26)30(40)20-44-32-36-35-29(38(32)24-6-3-2-4-7-24)19-34-31(41)28-8-5-17-43-28/h2-17,27H,18-20H2,1H3,(H,34,41)/t27-/m1/s1. The summed E-state index contributed by atoms with van der Waals surface area (Å²) in [5.74, 6) is 0.505. The number of thiophene rings is 1. The lowest BCUT2D eigenvalue weighted by Gasteiger charge is -2.22. The summed E-state index contributed by atoms with van der Waals surface area (Å²) in [7, 11) is 1.60. The van der Waals surface area contributed by atoms with Crippen LogP contribution < -0.4 is 10.1 Å². The highest BCUT2D eigenvalue weighted by Gasteiger charge is 2.33. The summed E-state index contributed by atoms with van der Waals surface area (Å²) < 4.78 is 20.9. The second-order valence-electron chi connectivity index (χ2n) is 9.80. The van der Waals surface area contributed by atoms with Gasteiger partial charge in [0, 0.05) is 12.1 Å². The molecule has 222 valence electrons. The molecule has 3 aromatic carbocycles. The van der Waals surface area contributed by atoms with E-state index in [1.54, 1.807) is 25.3 Å². The third-order valence-corrected chi connectivity index (χ3v) is 8.82. The van der Waals surface area contributed by atoms with Gasteiger partial charge in [0.1, 0.15) is 11.6 Å². The Balaban J connectivity index is 1.23. The number of nitrogens with one attached hydrogen (secondary N) is 1. The molecule has 3 heterocycles. The molecule has 0 unspecified atom stereocenters. The first-order chi connectivity index (χ1) is 21.5. The van der Waals surface area contributed by atoms with E-state index in [1.807, 2.05) is 70.6 Å². The number of amides is 2. The van der Waals surface area contributed by atoms with E-state index in [9.17, 15) is 14.0 Å². The second kappa shape index (κ2) is 13.2. The highest BCUT2D eigenvalue weighted by atomic mass is 32.2. The number of methoxy groups -OCH3 is 1. The number of nitrogens with zero attached hydrogens (tertiary/aromatic N) is 5. The Kier molecular flexibility index (Phi) is 8.80. The minimum absolute atomic E-state index is 0.0314. The lowest BCUT2D eigenvalue weighted by atomic mass is 9.98. The Labute approximate surface area is 261 Å². The van der Waals surface area contributed by atoms with Gasteiger partial charge in [0.05, 0.1) is 36.0 Å². The van der Waals surface area contributed by atoms with Crippen molar-refractivity contribution in [1.29, 1.82) is 0 Å². The van der Waals surface area contributed by atoms with Gasteiger partial charge in [-0.2, -0.15) is 5.10 Å². The molecule has 44 heavy (non-hydrogen) atoms. The zero-order valence-corrected chi connectivity index (χ0v) is 25.2. The average Bonchev–Trinajstić information content (AvgIpc) is 3.84. The molecule has 1 N–H and O–H groups in total. The summed E-state index contributed by atoms with van der Waals surface area (Å²) in [4.78, 5) is 26.9. The molecule has 1 atom stereocenters. The molecular formula is C32H27FN6O3S2. The van der Waals surface area contributed by atoms with Gasteiger partial charge in [-0.1, -0.05) is 48.2 Å². The highest BCUT2D eigenvalue weighted by molar-refractivity contribution is 7.99. The predicted molar refractivity (Wildman–Crippen MR) is 168 cm³/mol. The Bertz CT molecular complexity index is 1780. The number of thioether (sulfide) groups is 1. The maximum atomic E-state index is 13.7. The van der Waals surface area contributed by atoms with Crippen molar-refractivity contribution < 1.29 is 18.7 Å². The summed E-state index contributed by atoms with van der Waals surface area (Å²) in [6, 6.07) is 26.4. The van der Waals surface area contributed by atoms with E-state index < -0.39 is 6.04 Å². The molecule has 2 aromatic heterocycles. The van der Waals surface area contributed by atoms with Crippen LogP contribution in [0.3, 0.4) is 0 Å². The largest absolute Gasteiger partial charge is 0.497 e. The van der Waals surface area contributed by atoms with Crippen LogP contribution in [0.5, 0.6) is 5.75 Å². The Morgan fingerprint density at radius 1 is 1.00 bits per heavy atom. The van der Waals surface area contributed by atoms with Crippen molar-refractivity contribution in [2.75, 3.05) is 12.9 Å². The molecule has 0 fully saturated rings. The van der Waals surface area contributed by atoms with Crippen LogP contribution in [0.1, 0.15) is 39.1 Å². The minimum Gasteiger partial charge on any atom is -0.497 e. The van der Waals surface area contributed by atoms with E-state index in [1.165, 1.54) is 40.2 Å².